The number of hydrogen-bond acceptors (Lipinski definition) is 2. The number of halogens is 1. The van der Waals surface area contributed by atoms with Crippen molar-refractivity contribution in [1.29, 1.82) is 0 Å². The zero-order valence-corrected chi connectivity index (χ0v) is 12.8. The Hall–Kier alpha value is -1.75. The van der Waals surface area contributed by atoms with Crippen LogP contribution < -0.4 is 16.0 Å². The summed E-state index contributed by atoms with van der Waals surface area (Å²) >= 11 is 6.23. The molecule has 1 saturated carbocycles. The molecule has 114 valence electrons. The maximum absolute atomic E-state index is 11.7. The number of carbonyl (C=O) groups is 2. The molecule has 0 bridgehead atoms. The van der Waals surface area contributed by atoms with Crippen molar-refractivity contribution in [1.82, 2.24) is 16.0 Å². The quantitative estimate of drug-likeness (QED) is 0.701. The van der Waals surface area contributed by atoms with Crippen LogP contribution in [-0.4, -0.2) is 31.6 Å². The highest BCUT2D eigenvalue weighted by molar-refractivity contribution is 6.31. The van der Waals surface area contributed by atoms with Crippen LogP contribution in [0.5, 0.6) is 0 Å². The Balaban J connectivity index is 1.76. The first-order valence-corrected chi connectivity index (χ1v) is 7.42. The van der Waals surface area contributed by atoms with Crippen molar-refractivity contribution in [3.05, 3.63) is 34.9 Å². The zero-order valence-electron chi connectivity index (χ0n) is 12.0. The molecule has 3 amide bonds. The first kappa shape index (κ1) is 15.6. The molecule has 0 radical (unpaired) electrons. The average molecular weight is 310 g/mol. The van der Waals surface area contributed by atoms with Crippen LogP contribution in [0.4, 0.5) is 4.79 Å². The largest absolute Gasteiger partial charge is 0.355 e. The second-order valence-electron chi connectivity index (χ2n) is 5.35. The molecule has 2 rings (SSSR count). The van der Waals surface area contributed by atoms with Crippen LogP contribution in [0.1, 0.15) is 25.3 Å². The molecule has 0 spiro atoms. The fourth-order valence-corrected chi connectivity index (χ4v) is 2.65. The van der Waals surface area contributed by atoms with E-state index in [4.69, 9.17) is 11.6 Å². The van der Waals surface area contributed by atoms with Gasteiger partial charge in [0, 0.05) is 37.0 Å². The SMILES string of the molecule is CC(=O)NCCNC(=O)NCC1(c2ccccc2Cl)CC1. The van der Waals surface area contributed by atoms with E-state index in [1.54, 1.807) is 0 Å². The molecule has 1 fully saturated rings. The van der Waals surface area contributed by atoms with Gasteiger partial charge in [-0.25, -0.2) is 4.79 Å². The van der Waals surface area contributed by atoms with E-state index in [1.165, 1.54) is 6.92 Å². The van der Waals surface area contributed by atoms with Crippen LogP contribution in [0.25, 0.3) is 0 Å². The summed E-state index contributed by atoms with van der Waals surface area (Å²) in [4.78, 5) is 22.4. The Morgan fingerprint density at radius 2 is 1.81 bits per heavy atom. The summed E-state index contributed by atoms with van der Waals surface area (Å²) in [5.41, 5.74) is 1.08. The topological polar surface area (TPSA) is 70.2 Å². The van der Waals surface area contributed by atoms with Gasteiger partial charge in [0.2, 0.25) is 5.91 Å². The lowest BCUT2D eigenvalue weighted by molar-refractivity contribution is -0.118. The molecule has 21 heavy (non-hydrogen) atoms. The smallest absolute Gasteiger partial charge is 0.314 e. The molecule has 1 aromatic carbocycles. The van der Waals surface area contributed by atoms with E-state index in [-0.39, 0.29) is 17.4 Å². The number of hydrogen-bond donors (Lipinski definition) is 3. The average Bonchev–Trinajstić information content (AvgIpc) is 3.23. The van der Waals surface area contributed by atoms with Crippen LogP contribution in [-0.2, 0) is 10.2 Å². The van der Waals surface area contributed by atoms with Gasteiger partial charge in [-0.15, -0.1) is 0 Å². The minimum Gasteiger partial charge on any atom is -0.355 e. The third-order valence-electron chi connectivity index (χ3n) is 3.67. The Labute approximate surface area is 129 Å². The van der Waals surface area contributed by atoms with Crippen molar-refractivity contribution >= 4 is 23.5 Å². The number of carbonyl (C=O) groups excluding carboxylic acids is 2. The molecule has 0 unspecified atom stereocenters. The normalized spacial score (nSPS) is 15.1. The molecule has 3 N–H and O–H groups in total. The molecule has 0 heterocycles. The van der Waals surface area contributed by atoms with Crippen molar-refractivity contribution in [2.75, 3.05) is 19.6 Å². The molecule has 0 aromatic heterocycles. The molecule has 0 atom stereocenters. The van der Waals surface area contributed by atoms with Gasteiger partial charge in [0.05, 0.1) is 0 Å². The molecular weight excluding hydrogens is 290 g/mol. The van der Waals surface area contributed by atoms with Crippen LogP contribution in [0.2, 0.25) is 5.02 Å². The van der Waals surface area contributed by atoms with E-state index >= 15 is 0 Å². The number of benzene rings is 1. The van der Waals surface area contributed by atoms with Crippen molar-refractivity contribution in [3.8, 4) is 0 Å². The number of nitrogens with one attached hydrogen (secondary N) is 3. The molecule has 6 heteroatoms. The third-order valence-corrected chi connectivity index (χ3v) is 4.00. The van der Waals surface area contributed by atoms with E-state index < -0.39 is 0 Å². The van der Waals surface area contributed by atoms with Gasteiger partial charge in [-0.05, 0) is 24.5 Å². The fourth-order valence-electron chi connectivity index (χ4n) is 2.31. The zero-order chi connectivity index (χ0) is 15.3. The molecular formula is C15H20ClN3O2. The fraction of sp³-hybridized carbons (Fsp3) is 0.467. The Kier molecular flexibility index (Phi) is 5.07. The van der Waals surface area contributed by atoms with Gasteiger partial charge in [0.1, 0.15) is 0 Å². The van der Waals surface area contributed by atoms with Gasteiger partial charge >= 0.3 is 6.03 Å². The molecule has 0 aliphatic heterocycles. The Bertz CT molecular complexity index is 529. The van der Waals surface area contributed by atoms with E-state index in [1.807, 2.05) is 24.3 Å². The minimum absolute atomic E-state index is 0.0205. The predicted molar refractivity (Wildman–Crippen MR) is 82.4 cm³/mol. The van der Waals surface area contributed by atoms with Crippen LogP contribution >= 0.6 is 11.6 Å². The maximum Gasteiger partial charge on any atom is 0.314 e. The van der Waals surface area contributed by atoms with E-state index in [0.717, 1.165) is 23.4 Å². The molecule has 5 nitrogen and oxygen atoms in total. The van der Waals surface area contributed by atoms with Gasteiger partial charge in [-0.3, -0.25) is 4.79 Å². The maximum atomic E-state index is 11.7. The Morgan fingerprint density at radius 1 is 1.14 bits per heavy atom. The summed E-state index contributed by atoms with van der Waals surface area (Å²) in [6.07, 6.45) is 2.06. The molecule has 0 saturated heterocycles. The number of urea groups is 1. The minimum atomic E-state index is -0.223. The number of rotatable bonds is 6. The highest BCUT2D eigenvalue weighted by Gasteiger charge is 2.45. The molecule has 1 aliphatic rings. The van der Waals surface area contributed by atoms with Gasteiger partial charge < -0.3 is 16.0 Å². The van der Waals surface area contributed by atoms with Crippen molar-refractivity contribution in [2.24, 2.45) is 0 Å². The van der Waals surface area contributed by atoms with Gasteiger partial charge in [-0.1, -0.05) is 29.8 Å². The van der Waals surface area contributed by atoms with E-state index in [0.29, 0.717) is 19.6 Å². The lowest BCUT2D eigenvalue weighted by Gasteiger charge is -2.18. The summed E-state index contributed by atoms with van der Waals surface area (Å²) in [5, 5.41) is 8.96. The van der Waals surface area contributed by atoms with Crippen LogP contribution in [0, 0.1) is 0 Å². The Morgan fingerprint density at radius 3 is 2.43 bits per heavy atom. The lowest BCUT2D eigenvalue weighted by Crippen LogP contribution is -2.42. The third kappa shape index (κ3) is 4.36. The molecule has 1 aliphatic carbocycles. The second kappa shape index (κ2) is 6.80. The molecule has 1 aromatic rings. The van der Waals surface area contributed by atoms with Crippen molar-refractivity contribution < 1.29 is 9.59 Å². The van der Waals surface area contributed by atoms with E-state index in [9.17, 15) is 9.59 Å². The highest BCUT2D eigenvalue weighted by Crippen LogP contribution is 2.49. The van der Waals surface area contributed by atoms with Crippen molar-refractivity contribution in [3.63, 3.8) is 0 Å². The standard InChI is InChI=1S/C15H20ClN3O2/c1-11(20)17-8-9-18-14(21)19-10-15(6-7-15)12-4-2-3-5-13(12)16/h2-5H,6-10H2,1H3,(H,17,20)(H2,18,19,21). The second-order valence-corrected chi connectivity index (χ2v) is 5.76. The van der Waals surface area contributed by atoms with Crippen LogP contribution in [0.15, 0.2) is 24.3 Å². The first-order valence-electron chi connectivity index (χ1n) is 7.05. The van der Waals surface area contributed by atoms with Crippen LogP contribution in [0.3, 0.4) is 0 Å². The van der Waals surface area contributed by atoms with Gasteiger partial charge in [-0.2, -0.15) is 0 Å². The monoisotopic (exact) mass is 309 g/mol. The van der Waals surface area contributed by atoms with E-state index in [2.05, 4.69) is 16.0 Å². The van der Waals surface area contributed by atoms with Crippen molar-refractivity contribution in [2.45, 2.75) is 25.2 Å². The first-order chi connectivity index (χ1) is 10.0. The summed E-state index contributed by atoms with van der Waals surface area (Å²) in [5.74, 6) is -0.104. The highest BCUT2D eigenvalue weighted by atomic mass is 35.5. The number of amides is 3. The summed E-state index contributed by atoms with van der Waals surface area (Å²) in [7, 11) is 0. The van der Waals surface area contributed by atoms with Gasteiger partial charge in [0.15, 0.2) is 0 Å². The lowest BCUT2D eigenvalue weighted by atomic mass is 9.96. The predicted octanol–water partition coefficient (Wildman–Crippen LogP) is 1.81. The summed E-state index contributed by atoms with van der Waals surface area (Å²) in [6, 6.07) is 7.55. The summed E-state index contributed by atoms with van der Waals surface area (Å²) < 4.78 is 0. The summed E-state index contributed by atoms with van der Waals surface area (Å²) in [6.45, 7) is 2.85. The van der Waals surface area contributed by atoms with Gasteiger partial charge in [0.25, 0.3) is 0 Å².